The zero-order chi connectivity index (χ0) is 15.1. The summed E-state index contributed by atoms with van der Waals surface area (Å²) >= 11 is 0. The van der Waals surface area contributed by atoms with E-state index in [1.807, 2.05) is 12.1 Å². The summed E-state index contributed by atoms with van der Waals surface area (Å²) in [5.41, 5.74) is 7.12. The van der Waals surface area contributed by atoms with E-state index in [1.54, 1.807) is 12.1 Å². The molecular weight excluding hydrogens is 250 g/mol. The highest BCUT2D eigenvalue weighted by atomic mass is 16.2. The molecule has 0 aliphatic carbocycles. The van der Waals surface area contributed by atoms with Gasteiger partial charge in [0.2, 0.25) is 5.91 Å². The van der Waals surface area contributed by atoms with Crippen LogP contribution in [0.15, 0.2) is 24.3 Å². The molecule has 0 saturated heterocycles. The van der Waals surface area contributed by atoms with Crippen LogP contribution in [0.3, 0.4) is 0 Å². The molecule has 1 rings (SSSR count). The van der Waals surface area contributed by atoms with Crippen LogP contribution in [0.5, 0.6) is 0 Å². The molecule has 0 aromatic heterocycles. The molecule has 4 heteroatoms. The van der Waals surface area contributed by atoms with Crippen LogP contribution >= 0.6 is 0 Å². The number of nitrogens with zero attached hydrogens (tertiary/aromatic N) is 1. The topological polar surface area (TPSA) is 58.4 Å². The first-order valence-corrected chi connectivity index (χ1v) is 7.24. The molecule has 0 aliphatic heterocycles. The van der Waals surface area contributed by atoms with E-state index in [4.69, 9.17) is 5.73 Å². The number of anilines is 2. The maximum atomic E-state index is 12.1. The Morgan fingerprint density at radius 2 is 1.60 bits per heavy atom. The van der Waals surface area contributed by atoms with Gasteiger partial charge >= 0.3 is 0 Å². The standard InChI is InChI=1S/C16H27N3O/c1-12(2)9-19(10-13(3)4)11-16(20)18-15-7-5-14(17)6-8-15/h5-8,12-13H,9-11,17H2,1-4H3,(H,18,20). The highest BCUT2D eigenvalue weighted by molar-refractivity contribution is 5.92. The molecule has 0 heterocycles. The summed E-state index contributed by atoms with van der Waals surface area (Å²) in [6.07, 6.45) is 0. The summed E-state index contributed by atoms with van der Waals surface area (Å²) in [4.78, 5) is 14.3. The van der Waals surface area contributed by atoms with Crippen LogP contribution in [-0.2, 0) is 4.79 Å². The highest BCUT2D eigenvalue weighted by Crippen LogP contribution is 2.11. The minimum atomic E-state index is 0.0241. The first kappa shape index (κ1) is 16.5. The van der Waals surface area contributed by atoms with Crippen molar-refractivity contribution in [3.05, 3.63) is 24.3 Å². The van der Waals surface area contributed by atoms with E-state index >= 15 is 0 Å². The van der Waals surface area contributed by atoms with Crippen molar-refractivity contribution in [3.8, 4) is 0 Å². The molecule has 20 heavy (non-hydrogen) atoms. The number of nitrogens with one attached hydrogen (secondary N) is 1. The van der Waals surface area contributed by atoms with E-state index in [1.165, 1.54) is 0 Å². The van der Waals surface area contributed by atoms with Gasteiger partial charge < -0.3 is 11.1 Å². The number of benzene rings is 1. The predicted molar refractivity (Wildman–Crippen MR) is 85.6 cm³/mol. The largest absolute Gasteiger partial charge is 0.399 e. The Bertz CT molecular complexity index is 402. The average molecular weight is 277 g/mol. The molecule has 0 radical (unpaired) electrons. The summed E-state index contributed by atoms with van der Waals surface area (Å²) in [5, 5.41) is 2.91. The van der Waals surface area contributed by atoms with Gasteiger partial charge in [-0.3, -0.25) is 9.69 Å². The minimum absolute atomic E-state index is 0.0241. The number of amides is 1. The van der Waals surface area contributed by atoms with Gasteiger partial charge in [0.15, 0.2) is 0 Å². The van der Waals surface area contributed by atoms with Crippen molar-refractivity contribution in [1.82, 2.24) is 4.90 Å². The van der Waals surface area contributed by atoms with Gasteiger partial charge in [-0.25, -0.2) is 0 Å². The first-order chi connectivity index (χ1) is 9.36. The SMILES string of the molecule is CC(C)CN(CC(=O)Nc1ccc(N)cc1)CC(C)C. The fourth-order valence-corrected chi connectivity index (χ4v) is 2.21. The number of nitrogens with two attached hydrogens (primary N) is 1. The molecule has 0 atom stereocenters. The van der Waals surface area contributed by atoms with E-state index in [2.05, 4.69) is 37.9 Å². The second-order valence-corrected chi connectivity index (χ2v) is 6.15. The third-order valence-corrected chi connectivity index (χ3v) is 2.81. The van der Waals surface area contributed by atoms with Crippen molar-refractivity contribution in [3.63, 3.8) is 0 Å². The number of carbonyl (C=O) groups is 1. The second kappa shape index (κ2) is 7.90. The van der Waals surface area contributed by atoms with Crippen LogP contribution in [0.2, 0.25) is 0 Å². The van der Waals surface area contributed by atoms with Crippen LogP contribution < -0.4 is 11.1 Å². The summed E-state index contributed by atoms with van der Waals surface area (Å²) in [5.74, 6) is 1.13. The van der Waals surface area contributed by atoms with Gasteiger partial charge in [0.25, 0.3) is 0 Å². The zero-order valence-electron chi connectivity index (χ0n) is 13.0. The molecule has 0 unspecified atom stereocenters. The average Bonchev–Trinajstić information content (AvgIpc) is 2.30. The lowest BCUT2D eigenvalue weighted by molar-refractivity contribution is -0.117. The number of carbonyl (C=O) groups excluding carboxylic acids is 1. The van der Waals surface area contributed by atoms with Crippen molar-refractivity contribution < 1.29 is 4.79 Å². The Hall–Kier alpha value is -1.55. The molecular formula is C16H27N3O. The molecule has 1 amide bonds. The molecule has 0 saturated carbocycles. The minimum Gasteiger partial charge on any atom is -0.399 e. The van der Waals surface area contributed by atoms with Crippen molar-refractivity contribution in [2.75, 3.05) is 30.7 Å². The summed E-state index contributed by atoms with van der Waals surface area (Å²) in [7, 11) is 0. The van der Waals surface area contributed by atoms with Gasteiger partial charge in [0.05, 0.1) is 6.54 Å². The normalized spacial score (nSPS) is 11.3. The maximum absolute atomic E-state index is 12.1. The molecule has 0 fully saturated rings. The van der Waals surface area contributed by atoms with E-state index in [0.29, 0.717) is 24.1 Å². The summed E-state index contributed by atoms with van der Waals surface area (Å²) in [6, 6.07) is 7.22. The summed E-state index contributed by atoms with van der Waals surface area (Å²) in [6.45, 7) is 11.0. The number of hydrogen-bond donors (Lipinski definition) is 2. The number of hydrogen-bond acceptors (Lipinski definition) is 3. The maximum Gasteiger partial charge on any atom is 0.238 e. The van der Waals surface area contributed by atoms with E-state index in [-0.39, 0.29) is 5.91 Å². The van der Waals surface area contributed by atoms with Crippen LogP contribution in [0.25, 0.3) is 0 Å². The molecule has 1 aromatic rings. The van der Waals surface area contributed by atoms with E-state index in [0.717, 1.165) is 18.8 Å². The second-order valence-electron chi connectivity index (χ2n) is 6.15. The Kier molecular flexibility index (Phi) is 6.52. The molecule has 4 nitrogen and oxygen atoms in total. The third kappa shape index (κ3) is 6.57. The lowest BCUT2D eigenvalue weighted by atomic mass is 10.1. The number of nitrogen functional groups attached to an aromatic ring is 1. The molecule has 112 valence electrons. The van der Waals surface area contributed by atoms with Gasteiger partial charge in [-0.2, -0.15) is 0 Å². The summed E-state index contributed by atoms with van der Waals surface area (Å²) < 4.78 is 0. The van der Waals surface area contributed by atoms with Gasteiger partial charge in [0, 0.05) is 24.5 Å². The Morgan fingerprint density at radius 3 is 2.05 bits per heavy atom. The van der Waals surface area contributed by atoms with Crippen LogP contribution in [0.4, 0.5) is 11.4 Å². The van der Waals surface area contributed by atoms with Crippen LogP contribution in [-0.4, -0.2) is 30.4 Å². The molecule has 0 aliphatic rings. The van der Waals surface area contributed by atoms with Gasteiger partial charge in [-0.15, -0.1) is 0 Å². The Balaban J connectivity index is 2.54. The fourth-order valence-electron chi connectivity index (χ4n) is 2.21. The van der Waals surface area contributed by atoms with Crippen molar-refractivity contribution in [2.24, 2.45) is 11.8 Å². The molecule has 3 N–H and O–H groups in total. The monoisotopic (exact) mass is 277 g/mol. The zero-order valence-corrected chi connectivity index (χ0v) is 13.0. The van der Waals surface area contributed by atoms with Crippen LogP contribution in [0.1, 0.15) is 27.7 Å². The fraction of sp³-hybridized carbons (Fsp3) is 0.562. The third-order valence-electron chi connectivity index (χ3n) is 2.81. The lowest BCUT2D eigenvalue weighted by Gasteiger charge is -2.25. The molecule has 0 bridgehead atoms. The van der Waals surface area contributed by atoms with Gasteiger partial charge in [-0.05, 0) is 36.1 Å². The first-order valence-electron chi connectivity index (χ1n) is 7.24. The lowest BCUT2D eigenvalue weighted by Crippen LogP contribution is -2.38. The van der Waals surface area contributed by atoms with Crippen molar-refractivity contribution in [1.29, 1.82) is 0 Å². The van der Waals surface area contributed by atoms with Crippen molar-refractivity contribution >= 4 is 17.3 Å². The highest BCUT2D eigenvalue weighted by Gasteiger charge is 2.13. The smallest absolute Gasteiger partial charge is 0.238 e. The van der Waals surface area contributed by atoms with E-state index < -0.39 is 0 Å². The van der Waals surface area contributed by atoms with Gasteiger partial charge in [-0.1, -0.05) is 27.7 Å². The molecule has 1 aromatic carbocycles. The Morgan fingerprint density at radius 1 is 1.10 bits per heavy atom. The Labute approximate surface area is 122 Å². The van der Waals surface area contributed by atoms with E-state index in [9.17, 15) is 4.79 Å². The van der Waals surface area contributed by atoms with Gasteiger partial charge in [0.1, 0.15) is 0 Å². The van der Waals surface area contributed by atoms with Crippen LogP contribution in [0, 0.1) is 11.8 Å². The number of rotatable bonds is 7. The predicted octanol–water partition coefficient (Wildman–Crippen LogP) is 2.82. The molecule has 0 spiro atoms. The quantitative estimate of drug-likeness (QED) is 0.753. The van der Waals surface area contributed by atoms with Crippen molar-refractivity contribution in [2.45, 2.75) is 27.7 Å².